The summed E-state index contributed by atoms with van der Waals surface area (Å²) < 4.78 is 0. The SMILES string of the molecule is CN(CC(C)(C)O)c1ccc(CO)cc1[N+](=O)[O-]. The molecule has 1 aromatic rings. The lowest BCUT2D eigenvalue weighted by Gasteiger charge is -2.27. The smallest absolute Gasteiger partial charge is 0.292 e. The van der Waals surface area contributed by atoms with Crippen molar-refractivity contribution in [3.63, 3.8) is 0 Å². The summed E-state index contributed by atoms with van der Waals surface area (Å²) in [5.41, 5.74) is -0.118. The van der Waals surface area contributed by atoms with Gasteiger partial charge in [-0.3, -0.25) is 10.1 Å². The maximum absolute atomic E-state index is 11.0. The van der Waals surface area contributed by atoms with Gasteiger partial charge in [-0.1, -0.05) is 6.07 Å². The zero-order chi connectivity index (χ0) is 13.9. The van der Waals surface area contributed by atoms with Gasteiger partial charge in [-0.25, -0.2) is 0 Å². The molecule has 2 N–H and O–H groups in total. The molecule has 1 aromatic carbocycles. The summed E-state index contributed by atoms with van der Waals surface area (Å²) in [5, 5.41) is 29.7. The van der Waals surface area contributed by atoms with Crippen LogP contribution in [0.5, 0.6) is 0 Å². The van der Waals surface area contributed by atoms with Crippen LogP contribution in [0.25, 0.3) is 0 Å². The Balaban J connectivity index is 3.11. The minimum atomic E-state index is -0.946. The van der Waals surface area contributed by atoms with Crippen LogP contribution in [-0.2, 0) is 6.61 Å². The molecule has 0 atom stereocenters. The number of aliphatic hydroxyl groups is 2. The molecule has 0 bridgehead atoms. The quantitative estimate of drug-likeness (QED) is 0.610. The van der Waals surface area contributed by atoms with Crippen LogP contribution in [0.1, 0.15) is 19.4 Å². The molecule has 18 heavy (non-hydrogen) atoms. The molecule has 0 aliphatic rings. The van der Waals surface area contributed by atoms with Crippen LogP contribution in [0.3, 0.4) is 0 Å². The van der Waals surface area contributed by atoms with Crippen LogP contribution in [0.15, 0.2) is 18.2 Å². The highest BCUT2D eigenvalue weighted by atomic mass is 16.6. The van der Waals surface area contributed by atoms with Crippen molar-refractivity contribution in [1.82, 2.24) is 0 Å². The van der Waals surface area contributed by atoms with Crippen LogP contribution in [-0.4, -0.2) is 34.3 Å². The van der Waals surface area contributed by atoms with E-state index in [2.05, 4.69) is 0 Å². The Morgan fingerprint density at radius 1 is 1.44 bits per heavy atom. The zero-order valence-electron chi connectivity index (χ0n) is 10.8. The monoisotopic (exact) mass is 254 g/mol. The van der Waals surface area contributed by atoms with Crippen LogP contribution in [0.2, 0.25) is 0 Å². The Bertz CT molecular complexity index is 440. The van der Waals surface area contributed by atoms with Crippen molar-refractivity contribution in [2.75, 3.05) is 18.5 Å². The maximum atomic E-state index is 11.0. The van der Waals surface area contributed by atoms with Crippen molar-refractivity contribution >= 4 is 11.4 Å². The molecule has 0 aliphatic carbocycles. The summed E-state index contributed by atoms with van der Waals surface area (Å²) in [6.45, 7) is 3.30. The first-order chi connectivity index (χ1) is 8.24. The van der Waals surface area contributed by atoms with Gasteiger partial charge in [0.1, 0.15) is 5.69 Å². The summed E-state index contributed by atoms with van der Waals surface area (Å²) in [6.07, 6.45) is 0. The molecule has 0 amide bonds. The lowest BCUT2D eigenvalue weighted by molar-refractivity contribution is -0.384. The number of aliphatic hydroxyl groups excluding tert-OH is 1. The van der Waals surface area contributed by atoms with Gasteiger partial charge in [0.15, 0.2) is 0 Å². The van der Waals surface area contributed by atoms with Gasteiger partial charge in [0, 0.05) is 19.7 Å². The Labute approximate surface area is 106 Å². The van der Waals surface area contributed by atoms with E-state index in [1.54, 1.807) is 37.9 Å². The van der Waals surface area contributed by atoms with E-state index < -0.39 is 10.5 Å². The second kappa shape index (κ2) is 5.32. The third-order valence-corrected chi connectivity index (χ3v) is 2.45. The minimum absolute atomic E-state index is 0.0756. The fourth-order valence-electron chi connectivity index (χ4n) is 1.80. The van der Waals surface area contributed by atoms with E-state index in [0.29, 0.717) is 11.3 Å². The Morgan fingerprint density at radius 3 is 2.50 bits per heavy atom. The van der Waals surface area contributed by atoms with Crippen LogP contribution < -0.4 is 4.90 Å². The Hall–Kier alpha value is -1.66. The predicted octanol–water partition coefficient (Wildman–Crippen LogP) is 1.29. The molecule has 0 saturated heterocycles. The average Bonchev–Trinajstić information content (AvgIpc) is 2.25. The summed E-state index contributed by atoms with van der Waals surface area (Å²) in [4.78, 5) is 12.1. The van der Waals surface area contributed by atoms with Crippen molar-refractivity contribution < 1.29 is 15.1 Å². The molecule has 1 rings (SSSR count). The first-order valence-corrected chi connectivity index (χ1v) is 5.56. The molecule has 0 unspecified atom stereocenters. The molecule has 0 radical (unpaired) electrons. The maximum Gasteiger partial charge on any atom is 0.292 e. The number of hydrogen-bond donors (Lipinski definition) is 2. The summed E-state index contributed by atoms with van der Waals surface area (Å²) in [5.74, 6) is 0. The van der Waals surface area contributed by atoms with Gasteiger partial charge < -0.3 is 15.1 Å². The number of nitrogens with zero attached hydrogens (tertiary/aromatic N) is 2. The van der Waals surface area contributed by atoms with Crippen LogP contribution >= 0.6 is 0 Å². The van der Waals surface area contributed by atoms with Crippen molar-refractivity contribution in [3.8, 4) is 0 Å². The molecule has 0 aliphatic heterocycles. The molecule has 100 valence electrons. The highest BCUT2D eigenvalue weighted by Crippen LogP contribution is 2.29. The predicted molar refractivity (Wildman–Crippen MR) is 68.6 cm³/mol. The van der Waals surface area contributed by atoms with Crippen molar-refractivity contribution in [1.29, 1.82) is 0 Å². The molecule has 0 heterocycles. The molecule has 6 nitrogen and oxygen atoms in total. The molecular formula is C12H18N2O4. The van der Waals surface area contributed by atoms with Gasteiger partial charge in [0.05, 0.1) is 17.1 Å². The number of likely N-dealkylation sites (N-methyl/N-ethyl adjacent to an activating group) is 1. The molecule has 0 fully saturated rings. The number of benzene rings is 1. The Kier molecular flexibility index (Phi) is 4.26. The molecule has 0 saturated carbocycles. The molecule has 0 aromatic heterocycles. The van der Waals surface area contributed by atoms with Crippen molar-refractivity contribution in [3.05, 3.63) is 33.9 Å². The first kappa shape index (κ1) is 14.4. The summed E-state index contributed by atoms with van der Waals surface area (Å²) in [7, 11) is 1.68. The lowest BCUT2D eigenvalue weighted by Crippen LogP contribution is -2.36. The third kappa shape index (κ3) is 3.68. The molecular weight excluding hydrogens is 236 g/mol. The fourth-order valence-corrected chi connectivity index (χ4v) is 1.80. The molecule has 0 spiro atoms. The van der Waals surface area contributed by atoms with E-state index in [-0.39, 0.29) is 18.8 Å². The molecule has 6 heteroatoms. The van der Waals surface area contributed by atoms with Gasteiger partial charge in [-0.2, -0.15) is 0 Å². The van der Waals surface area contributed by atoms with E-state index in [0.717, 1.165) is 0 Å². The largest absolute Gasteiger partial charge is 0.392 e. The van der Waals surface area contributed by atoms with Crippen molar-refractivity contribution in [2.24, 2.45) is 0 Å². The van der Waals surface area contributed by atoms with Crippen LogP contribution in [0, 0.1) is 10.1 Å². The number of anilines is 1. The van der Waals surface area contributed by atoms with Gasteiger partial charge in [-0.15, -0.1) is 0 Å². The minimum Gasteiger partial charge on any atom is -0.392 e. The topological polar surface area (TPSA) is 86.8 Å². The van der Waals surface area contributed by atoms with Gasteiger partial charge in [0.2, 0.25) is 0 Å². The highest BCUT2D eigenvalue weighted by Gasteiger charge is 2.22. The van der Waals surface area contributed by atoms with E-state index >= 15 is 0 Å². The first-order valence-electron chi connectivity index (χ1n) is 5.56. The van der Waals surface area contributed by atoms with Crippen LogP contribution in [0.4, 0.5) is 11.4 Å². The standard InChI is InChI=1S/C12H18N2O4/c1-12(2,16)8-13(3)10-5-4-9(7-15)6-11(10)14(17)18/h4-6,15-16H,7-8H2,1-3H3. The summed E-state index contributed by atoms with van der Waals surface area (Å²) in [6, 6.07) is 4.55. The normalized spacial score (nSPS) is 11.4. The van der Waals surface area contributed by atoms with E-state index in [4.69, 9.17) is 5.11 Å². The Morgan fingerprint density at radius 2 is 2.06 bits per heavy atom. The van der Waals surface area contributed by atoms with Gasteiger partial charge in [-0.05, 0) is 25.5 Å². The zero-order valence-corrected chi connectivity index (χ0v) is 10.8. The third-order valence-electron chi connectivity index (χ3n) is 2.45. The average molecular weight is 254 g/mol. The second-order valence-electron chi connectivity index (χ2n) is 4.91. The summed E-state index contributed by atoms with van der Waals surface area (Å²) >= 11 is 0. The van der Waals surface area contributed by atoms with E-state index in [9.17, 15) is 15.2 Å². The number of hydrogen-bond acceptors (Lipinski definition) is 5. The number of nitro groups is 1. The number of rotatable bonds is 5. The lowest BCUT2D eigenvalue weighted by atomic mass is 10.1. The van der Waals surface area contributed by atoms with Crippen molar-refractivity contribution in [2.45, 2.75) is 26.1 Å². The fraction of sp³-hybridized carbons (Fsp3) is 0.500. The van der Waals surface area contributed by atoms with E-state index in [1.807, 2.05) is 0 Å². The second-order valence-corrected chi connectivity index (χ2v) is 4.91. The van der Waals surface area contributed by atoms with Gasteiger partial charge in [0.25, 0.3) is 5.69 Å². The highest BCUT2D eigenvalue weighted by molar-refractivity contribution is 5.64. The van der Waals surface area contributed by atoms with E-state index in [1.165, 1.54) is 6.07 Å². The van der Waals surface area contributed by atoms with Gasteiger partial charge >= 0.3 is 0 Å². The number of nitro benzene ring substituents is 1.